The van der Waals surface area contributed by atoms with Gasteiger partial charge in [-0.1, -0.05) is 23.7 Å². The van der Waals surface area contributed by atoms with Crippen LogP contribution in [0, 0.1) is 0 Å². The first-order chi connectivity index (χ1) is 7.54. The van der Waals surface area contributed by atoms with Gasteiger partial charge in [-0.2, -0.15) is 0 Å². The molecule has 1 unspecified atom stereocenters. The number of halogens is 1. The molecule has 0 heterocycles. The molecule has 4 N–H and O–H groups in total. The maximum atomic E-state index is 9.59. The minimum atomic E-state index is -1.36. The van der Waals surface area contributed by atoms with Crippen molar-refractivity contribution in [2.75, 3.05) is 6.61 Å². The van der Waals surface area contributed by atoms with Gasteiger partial charge >= 0.3 is 0 Å². The molecule has 90 valence electrons. The summed E-state index contributed by atoms with van der Waals surface area (Å²) in [6, 6.07) is 6.81. The summed E-state index contributed by atoms with van der Waals surface area (Å²) in [6.07, 6.45) is -3.62. The molecule has 0 aliphatic rings. The van der Waals surface area contributed by atoms with E-state index >= 15 is 0 Å². The van der Waals surface area contributed by atoms with Crippen LogP contribution in [0.4, 0.5) is 0 Å². The van der Waals surface area contributed by atoms with Crippen LogP contribution in [0.2, 0.25) is 5.02 Å². The van der Waals surface area contributed by atoms with Crippen LogP contribution in [0.5, 0.6) is 0 Å². The Bertz CT molecular complexity index is 314. The molecule has 0 fully saturated rings. The molecule has 3 atom stereocenters. The summed E-state index contributed by atoms with van der Waals surface area (Å²) in [5, 5.41) is 37.4. The highest BCUT2D eigenvalue weighted by Crippen LogP contribution is 2.13. The van der Waals surface area contributed by atoms with E-state index in [2.05, 4.69) is 0 Å². The van der Waals surface area contributed by atoms with Crippen molar-refractivity contribution in [3.63, 3.8) is 0 Å². The fraction of sp³-hybridized carbons (Fsp3) is 0.455. The molecule has 1 aromatic carbocycles. The maximum absolute atomic E-state index is 9.59. The van der Waals surface area contributed by atoms with Gasteiger partial charge in [0, 0.05) is 11.4 Å². The molecule has 16 heavy (non-hydrogen) atoms. The van der Waals surface area contributed by atoms with Gasteiger partial charge in [0.05, 0.1) is 12.7 Å². The normalized spacial score (nSPS) is 16.8. The number of aliphatic hydroxyl groups excluding tert-OH is 4. The van der Waals surface area contributed by atoms with Crippen LogP contribution in [-0.2, 0) is 6.42 Å². The summed E-state index contributed by atoms with van der Waals surface area (Å²) >= 11 is 5.70. The van der Waals surface area contributed by atoms with Crippen molar-refractivity contribution in [3.8, 4) is 0 Å². The minimum absolute atomic E-state index is 0.190. The Morgan fingerprint density at radius 1 is 1.00 bits per heavy atom. The van der Waals surface area contributed by atoms with E-state index in [1.54, 1.807) is 24.3 Å². The van der Waals surface area contributed by atoms with Gasteiger partial charge in [-0.05, 0) is 17.7 Å². The largest absolute Gasteiger partial charge is 0.394 e. The maximum Gasteiger partial charge on any atom is 0.108 e. The summed E-state index contributed by atoms with van der Waals surface area (Å²) in [5.74, 6) is 0. The molecule has 0 aliphatic carbocycles. The highest BCUT2D eigenvalue weighted by molar-refractivity contribution is 6.30. The minimum Gasteiger partial charge on any atom is -0.394 e. The third-order valence-electron chi connectivity index (χ3n) is 2.33. The molecule has 4 nitrogen and oxygen atoms in total. The first-order valence-corrected chi connectivity index (χ1v) is 5.32. The predicted molar refractivity (Wildman–Crippen MR) is 60.3 cm³/mol. The van der Waals surface area contributed by atoms with Crippen molar-refractivity contribution in [3.05, 3.63) is 34.9 Å². The first-order valence-electron chi connectivity index (χ1n) is 4.94. The lowest BCUT2D eigenvalue weighted by Crippen LogP contribution is -2.40. The number of rotatable bonds is 5. The molecule has 0 amide bonds. The Hall–Kier alpha value is -0.650. The summed E-state index contributed by atoms with van der Waals surface area (Å²) in [4.78, 5) is 0. The second-order valence-electron chi connectivity index (χ2n) is 3.64. The van der Waals surface area contributed by atoms with Crippen LogP contribution in [0.15, 0.2) is 24.3 Å². The van der Waals surface area contributed by atoms with Gasteiger partial charge in [0.25, 0.3) is 0 Å². The monoisotopic (exact) mass is 246 g/mol. The molecule has 1 aromatic rings. The summed E-state index contributed by atoms with van der Waals surface area (Å²) in [6.45, 7) is -0.584. The van der Waals surface area contributed by atoms with Crippen molar-refractivity contribution in [1.29, 1.82) is 0 Å². The van der Waals surface area contributed by atoms with Gasteiger partial charge in [-0.3, -0.25) is 0 Å². The average Bonchev–Trinajstić information content (AvgIpc) is 2.30. The molecule has 0 saturated heterocycles. The Kier molecular flexibility index (Phi) is 5.18. The van der Waals surface area contributed by atoms with Crippen molar-refractivity contribution >= 4 is 11.6 Å². The van der Waals surface area contributed by atoms with Crippen molar-refractivity contribution in [2.45, 2.75) is 24.7 Å². The second kappa shape index (κ2) is 6.18. The Balaban J connectivity index is 2.56. The van der Waals surface area contributed by atoms with E-state index in [1.165, 1.54) is 0 Å². The Labute approximate surface area is 98.7 Å². The van der Waals surface area contributed by atoms with E-state index in [0.717, 1.165) is 5.56 Å². The lowest BCUT2D eigenvalue weighted by atomic mass is 10.0. The third kappa shape index (κ3) is 3.73. The zero-order chi connectivity index (χ0) is 12.1. The van der Waals surface area contributed by atoms with Crippen molar-refractivity contribution in [2.24, 2.45) is 0 Å². The fourth-order valence-corrected chi connectivity index (χ4v) is 1.47. The van der Waals surface area contributed by atoms with Gasteiger partial charge in [-0.25, -0.2) is 0 Å². The third-order valence-corrected chi connectivity index (χ3v) is 2.59. The quantitative estimate of drug-likeness (QED) is 0.588. The number of benzene rings is 1. The molecular weight excluding hydrogens is 232 g/mol. The smallest absolute Gasteiger partial charge is 0.108 e. The van der Waals surface area contributed by atoms with E-state index < -0.39 is 24.9 Å². The second-order valence-corrected chi connectivity index (χ2v) is 4.07. The summed E-state index contributed by atoms with van der Waals surface area (Å²) < 4.78 is 0. The zero-order valence-electron chi connectivity index (χ0n) is 8.62. The predicted octanol–water partition coefficient (Wildman–Crippen LogP) is -0.0425. The molecule has 1 rings (SSSR count). The van der Waals surface area contributed by atoms with Crippen LogP contribution in [0.25, 0.3) is 0 Å². The highest BCUT2D eigenvalue weighted by Gasteiger charge is 2.23. The Morgan fingerprint density at radius 3 is 2.06 bits per heavy atom. The van der Waals surface area contributed by atoms with Crippen LogP contribution in [0.3, 0.4) is 0 Å². The lowest BCUT2D eigenvalue weighted by molar-refractivity contribution is -0.0755. The fourth-order valence-electron chi connectivity index (χ4n) is 1.35. The van der Waals surface area contributed by atoms with E-state index in [4.69, 9.17) is 21.8 Å². The van der Waals surface area contributed by atoms with Crippen LogP contribution < -0.4 is 0 Å². The molecule has 5 heteroatoms. The molecular formula is C11H15ClO4. The van der Waals surface area contributed by atoms with Crippen molar-refractivity contribution < 1.29 is 20.4 Å². The molecule has 0 saturated carbocycles. The lowest BCUT2D eigenvalue weighted by Gasteiger charge is -2.21. The zero-order valence-corrected chi connectivity index (χ0v) is 9.38. The molecule has 0 bridgehead atoms. The Morgan fingerprint density at radius 2 is 1.56 bits per heavy atom. The van der Waals surface area contributed by atoms with Gasteiger partial charge in [0.2, 0.25) is 0 Å². The van der Waals surface area contributed by atoms with Gasteiger partial charge in [0.15, 0.2) is 0 Å². The van der Waals surface area contributed by atoms with E-state index in [9.17, 15) is 10.2 Å². The van der Waals surface area contributed by atoms with E-state index in [0.29, 0.717) is 5.02 Å². The molecule has 0 radical (unpaired) electrons. The highest BCUT2D eigenvalue weighted by atomic mass is 35.5. The van der Waals surface area contributed by atoms with Gasteiger partial charge in [-0.15, -0.1) is 0 Å². The van der Waals surface area contributed by atoms with Crippen LogP contribution >= 0.6 is 11.6 Å². The topological polar surface area (TPSA) is 80.9 Å². The van der Waals surface area contributed by atoms with Gasteiger partial charge in [0.1, 0.15) is 12.2 Å². The number of hydrogen-bond acceptors (Lipinski definition) is 4. The summed E-state index contributed by atoms with van der Waals surface area (Å²) in [7, 11) is 0. The SMILES string of the molecule is OC[C@@H](O)[C@H](O)C(O)Cc1ccc(Cl)cc1. The standard InChI is InChI=1S/C11H15ClO4/c12-8-3-1-7(2-4-8)5-9(14)11(16)10(15)6-13/h1-4,9-11,13-16H,5-6H2/t9?,10-,11-/m1/s1. The van der Waals surface area contributed by atoms with Crippen LogP contribution in [0.1, 0.15) is 5.56 Å². The van der Waals surface area contributed by atoms with Crippen molar-refractivity contribution in [1.82, 2.24) is 0 Å². The number of aliphatic hydroxyl groups is 4. The average molecular weight is 247 g/mol. The summed E-state index contributed by atoms with van der Waals surface area (Å²) in [5.41, 5.74) is 0.793. The van der Waals surface area contributed by atoms with E-state index in [1.807, 2.05) is 0 Å². The first kappa shape index (κ1) is 13.4. The number of hydrogen-bond donors (Lipinski definition) is 4. The molecule has 0 spiro atoms. The molecule has 0 aliphatic heterocycles. The van der Waals surface area contributed by atoms with E-state index in [-0.39, 0.29) is 6.42 Å². The van der Waals surface area contributed by atoms with Gasteiger partial charge < -0.3 is 20.4 Å². The molecule has 0 aromatic heterocycles. The van der Waals surface area contributed by atoms with Crippen LogP contribution in [-0.4, -0.2) is 45.3 Å².